The summed E-state index contributed by atoms with van der Waals surface area (Å²) in [6, 6.07) is 11.8. The van der Waals surface area contributed by atoms with E-state index in [1.54, 1.807) is 6.07 Å². The van der Waals surface area contributed by atoms with E-state index in [0.29, 0.717) is 36.2 Å². The van der Waals surface area contributed by atoms with Crippen LogP contribution in [0.4, 0.5) is 4.39 Å². The molecule has 4 nitrogen and oxygen atoms in total. The molecule has 0 fully saturated rings. The number of hydrogen-bond donors (Lipinski definition) is 3. The summed E-state index contributed by atoms with van der Waals surface area (Å²) in [6.07, 6.45) is 0. The van der Waals surface area contributed by atoms with E-state index >= 15 is 0 Å². The largest absolute Gasteiger partial charge is 0.505 e. The fourth-order valence-corrected chi connectivity index (χ4v) is 2.18. The Morgan fingerprint density at radius 2 is 1.96 bits per heavy atom. The number of aromatic hydroxyl groups is 1. The van der Waals surface area contributed by atoms with Crippen molar-refractivity contribution in [3.63, 3.8) is 0 Å². The van der Waals surface area contributed by atoms with Crippen molar-refractivity contribution in [3.8, 4) is 5.75 Å². The van der Waals surface area contributed by atoms with Crippen LogP contribution in [-0.4, -0.2) is 17.6 Å². The maximum Gasteiger partial charge on any atom is 0.191 e. The molecule has 130 valence electrons. The van der Waals surface area contributed by atoms with Crippen LogP contribution in [0.5, 0.6) is 5.75 Å². The van der Waals surface area contributed by atoms with Gasteiger partial charge in [0.1, 0.15) is 0 Å². The van der Waals surface area contributed by atoms with Gasteiger partial charge in [-0.05, 0) is 36.2 Å². The van der Waals surface area contributed by atoms with Crippen LogP contribution in [0.15, 0.2) is 47.5 Å². The fraction of sp³-hybridized carbons (Fsp3) is 0.235. The van der Waals surface area contributed by atoms with Crippen LogP contribution < -0.4 is 10.6 Å². The normalized spacial score (nSPS) is 10.9. The van der Waals surface area contributed by atoms with E-state index in [0.717, 1.165) is 5.56 Å². The van der Waals surface area contributed by atoms with Gasteiger partial charge in [0.05, 0.1) is 6.54 Å². The second-order valence-corrected chi connectivity index (χ2v) is 5.33. The lowest BCUT2D eigenvalue weighted by molar-refractivity contribution is 0.432. The van der Waals surface area contributed by atoms with Crippen molar-refractivity contribution >= 4 is 41.5 Å². The van der Waals surface area contributed by atoms with Crippen LogP contribution in [0.1, 0.15) is 18.1 Å². The van der Waals surface area contributed by atoms with Gasteiger partial charge in [-0.15, -0.1) is 24.0 Å². The molecule has 7 heteroatoms. The van der Waals surface area contributed by atoms with Crippen LogP contribution in [0.2, 0.25) is 5.02 Å². The molecular weight excluding hydrogens is 444 g/mol. The Kier molecular flexibility index (Phi) is 8.84. The summed E-state index contributed by atoms with van der Waals surface area (Å²) in [5.41, 5.74) is 1.64. The number of halogens is 3. The van der Waals surface area contributed by atoms with Gasteiger partial charge in [0, 0.05) is 18.1 Å². The average Bonchev–Trinajstić information content (AvgIpc) is 2.54. The molecular formula is C17H20ClFIN3O. The van der Waals surface area contributed by atoms with Crippen molar-refractivity contribution in [3.05, 3.63) is 64.4 Å². The summed E-state index contributed by atoms with van der Waals surface area (Å²) in [6.45, 7) is 3.51. The van der Waals surface area contributed by atoms with Crippen LogP contribution in [0.3, 0.4) is 0 Å². The highest BCUT2D eigenvalue weighted by Gasteiger charge is 2.03. The van der Waals surface area contributed by atoms with Crippen LogP contribution in [-0.2, 0) is 13.1 Å². The molecule has 2 aromatic rings. The molecule has 0 amide bonds. The number of nitrogens with zero attached hydrogens (tertiary/aromatic N) is 1. The summed E-state index contributed by atoms with van der Waals surface area (Å²) in [7, 11) is 0. The summed E-state index contributed by atoms with van der Waals surface area (Å²) >= 11 is 6.12. The minimum Gasteiger partial charge on any atom is -0.505 e. The standard InChI is InChI=1S/C17H19ClFN3O.HI/c1-2-20-17(22-11-13-5-3-4-6-14(13)18)21-10-12-7-8-16(23)15(19)9-12;/h3-9,23H,2,10-11H2,1H3,(H2,20,21,22);1H. The van der Waals surface area contributed by atoms with E-state index in [-0.39, 0.29) is 29.7 Å². The minimum atomic E-state index is -0.647. The Balaban J connectivity index is 0.00000288. The number of rotatable bonds is 5. The zero-order chi connectivity index (χ0) is 16.7. The maximum atomic E-state index is 13.3. The molecule has 0 radical (unpaired) electrons. The quantitative estimate of drug-likeness (QED) is 0.356. The maximum absolute atomic E-state index is 13.3. The van der Waals surface area contributed by atoms with Gasteiger partial charge in [-0.3, -0.25) is 0 Å². The Bertz CT molecular complexity index is 697. The average molecular weight is 464 g/mol. The lowest BCUT2D eigenvalue weighted by Gasteiger charge is -2.12. The molecule has 24 heavy (non-hydrogen) atoms. The summed E-state index contributed by atoms with van der Waals surface area (Å²) in [5, 5.41) is 16.2. The second-order valence-electron chi connectivity index (χ2n) is 4.93. The number of benzene rings is 2. The number of aliphatic imine (C=N–C) groups is 1. The van der Waals surface area contributed by atoms with E-state index in [1.165, 1.54) is 12.1 Å². The van der Waals surface area contributed by atoms with Gasteiger partial charge in [0.15, 0.2) is 17.5 Å². The SMILES string of the molecule is CCNC(=NCc1ccc(O)c(F)c1)NCc1ccccc1Cl.I. The second kappa shape index (κ2) is 10.4. The number of phenols is 1. The van der Waals surface area contributed by atoms with Crippen molar-refractivity contribution in [2.45, 2.75) is 20.0 Å². The highest BCUT2D eigenvalue weighted by atomic mass is 127. The van der Waals surface area contributed by atoms with Crippen molar-refractivity contribution < 1.29 is 9.50 Å². The summed E-state index contributed by atoms with van der Waals surface area (Å²) < 4.78 is 13.3. The van der Waals surface area contributed by atoms with E-state index in [9.17, 15) is 9.50 Å². The third-order valence-corrected chi connectivity index (χ3v) is 3.55. The molecule has 0 aliphatic heterocycles. The topological polar surface area (TPSA) is 56.7 Å². The monoisotopic (exact) mass is 463 g/mol. The molecule has 0 unspecified atom stereocenters. The van der Waals surface area contributed by atoms with Crippen molar-refractivity contribution in [1.82, 2.24) is 10.6 Å². The predicted molar refractivity (Wildman–Crippen MR) is 107 cm³/mol. The molecule has 0 saturated carbocycles. The van der Waals surface area contributed by atoms with Gasteiger partial charge in [-0.25, -0.2) is 9.38 Å². The highest BCUT2D eigenvalue weighted by molar-refractivity contribution is 14.0. The Morgan fingerprint density at radius 1 is 1.21 bits per heavy atom. The number of guanidine groups is 1. The van der Waals surface area contributed by atoms with Crippen molar-refractivity contribution in [1.29, 1.82) is 0 Å². The van der Waals surface area contributed by atoms with Gasteiger partial charge in [0.2, 0.25) is 0 Å². The third kappa shape index (κ3) is 6.16. The van der Waals surface area contributed by atoms with Gasteiger partial charge in [0.25, 0.3) is 0 Å². The first-order valence-electron chi connectivity index (χ1n) is 7.33. The van der Waals surface area contributed by atoms with Crippen LogP contribution >= 0.6 is 35.6 Å². The molecule has 0 bridgehead atoms. The van der Waals surface area contributed by atoms with Gasteiger partial charge in [-0.2, -0.15) is 0 Å². The minimum absolute atomic E-state index is 0. The molecule has 2 aromatic carbocycles. The van der Waals surface area contributed by atoms with E-state index < -0.39 is 5.82 Å². The van der Waals surface area contributed by atoms with E-state index in [4.69, 9.17) is 11.6 Å². The zero-order valence-electron chi connectivity index (χ0n) is 13.2. The van der Waals surface area contributed by atoms with Gasteiger partial charge >= 0.3 is 0 Å². The highest BCUT2D eigenvalue weighted by Crippen LogP contribution is 2.17. The molecule has 0 aliphatic rings. The zero-order valence-corrected chi connectivity index (χ0v) is 16.3. The van der Waals surface area contributed by atoms with Gasteiger partial charge in [-0.1, -0.05) is 35.9 Å². The lowest BCUT2D eigenvalue weighted by atomic mass is 10.2. The predicted octanol–water partition coefficient (Wildman–Crippen LogP) is 4.06. The van der Waals surface area contributed by atoms with Crippen LogP contribution in [0.25, 0.3) is 0 Å². The number of phenolic OH excluding ortho intramolecular Hbond substituents is 1. The molecule has 0 spiro atoms. The molecule has 0 atom stereocenters. The van der Waals surface area contributed by atoms with E-state index in [2.05, 4.69) is 15.6 Å². The smallest absolute Gasteiger partial charge is 0.191 e. The molecule has 0 aromatic heterocycles. The lowest BCUT2D eigenvalue weighted by Crippen LogP contribution is -2.36. The first-order valence-corrected chi connectivity index (χ1v) is 7.71. The molecule has 0 saturated heterocycles. The van der Waals surface area contributed by atoms with Crippen molar-refractivity contribution in [2.75, 3.05) is 6.54 Å². The third-order valence-electron chi connectivity index (χ3n) is 3.18. The molecule has 0 aliphatic carbocycles. The first kappa shape index (κ1) is 20.5. The first-order chi connectivity index (χ1) is 11.1. The molecule has 0 heterocycles. The molecule has 2 rings (SSSR count). The molecule has 3 N–H and O–H groups in total. The van der Waals surface area contributed by atoms with Crippen LogP contribution in [0, 0.1) is 5.82 Å². The Hall–Kier alpha value is -1.54. The fourth-order valence-electron chi connectivity index (χ4n) is 1.98. The van der Waals surface area contributed by atoms with E-state index in [1.807, 2.05) is 31.2 Å². The Labute approximate surface area is 163 Å². The van der Waals surface area contributed by atoms with Gasteiger partial charge < -0.3 is 15.7 Å². The number of hydrogen-bond acceptors (Lipinski definition) is 2. The Morgan fingerprint density at radius 3 is 2.62 bits per heavy atom. The van der Waals surface area contributed by atoms with Crippen molar-refractivity contribution in [2.24, 2.45) is 4.99 Å². The summed E-state index contributed by atoms with van der Waals surface area (Å²) in [5.74, 6) is -0.394. The summed E-state index contributed by atoms with van der Waals surface area (Å²) in [4.78, 5) is 4.40. The number of nitrogens with one attached hydrogen (secondary N) is 2.